The third kappa shape index (κ3) is 3.78. The first-order valence-corrected chi connectivity index (χ1v) is 5.13. The molecular formula is C9H7Cl3O3. The number of rotatable bonds is 4. The number of aliphatic carboxylic acids is 1. The maximum absolute atomic E-state index is 10.2. The molecule has 0 fully saturated rings. The zero-order chi connectivity index (χ0) is 11.4. The van der Waals surface area contributed by atoms with Gasteiger partial charge in [-0.3, -0.25) is 4.79 Å². The second-order valence-electron chi connectivity index (χ2n) is 2.69. The van der Waals surface area contributed by atoms with Gasteiger partial charge in [0.05, 0.1) is 23.1 Å². The third-order valence-electron chi connectivity index (χ3n) is 1.53. The lowest BCUT2D eigenvalue weighted by Gasteiger charge is -2.08. The number of hydrogen-bond acceptors (Lipinski definition) is 2. The first-order chi connectivity index (χ1) is 7.00. The highest BCUT2D eigenvalue weighted by Gasteiger charge is 2.09. The van der Waals surface area contributed by atoms with Crippen molar-refractivity contribution >= 4 is 40.8 Å². The van der Waals surface area contributed by atoms with Crippen LogP contribution in [-0.4, -0.2) is 17.7 Å². The van der Waals surface area contributed by atoms with Gasteiger partial charge in [0.15, 0.2) is 5.75 Å². The molecule has 0 aliphatic carbocycles. The van der Waals surface area contributed by atoms with Crippen molar-refractivity contribution in [2.75, 3.05) is 6.61 Å². The molecule has 3 nitrogen and oxygen atoms in total. The van der Waals surface area contributed by atoms with E-state index in [4.69, 9.17) is 44.6 Å². The molecule has 1 aromatic carbocycles. The Labute approximate surface area is 102 Å². The van der Waals surface area contributed by atoms with E-state index in [9.17, 15) is 4.79 Å². The molecule has 0 unspecified atom stereocenters. The summed E-state index contributed by atoms with van der Waals surface area (Å²) in [4.78, 5) is 10.2. The molecule has 0 amide bonds. The summed E-state index contributed by atoms with van der Waals surface area (Å²) in [6, 6.07) is 2.95. The number of carboxylic acid groups (broad SMARTS) is 1. The van der Waals surface area contributed by atoms with Gasteiger partial charge in [-0.2, -0.15) is 0 Å². The lowest BCUT2D eigenvalue weighted by molar-refractivity contribution is -0.137. The number of carbonyl (C=O) groups is 1. The summed E-state index contributed by atoms with van der Waals surface area (Å²) in [5, 5.41) is 9.33. The predicted molar refractivity (Wildman–Crippen MR) is 59.2 cm³/mol. The van der Waals surface area contributed by atoms with Crippen LogP contribution in [0.4, 0.5) is 0 Å². The van der Waals surface area contributed by atoms with Gasteiger partial charge in [0, 0.05) is 5.02 Å². The molecule has 0 atom stereocenters. The summed E-state index contributed by atoms with van der Waals surface area (Å²) < 4.78 is 5.13. The lowest BCUT2D eigenvalue weighted by atomic mass is 10.3. The van der Waals surface area contributed by atoms with Crippen LogP contribution in [0, 0.1) is 0 Å². The second kappa shape index (κ2) is 5.45. The molecular weight excluding hydrogens is 262 g/mol. The Kier molecular flexibility index (Phi) is 4.51. The molecule has 0 heterocycles. The first-order valence-electron chi connectivity index (χ1n) is 4.00. The van der Waals surface area contributed by atoms with E-state index < -0.39 is 5.97 Å². The van der Waals surface area contributed by atoms with Gasteiger partial charge in [0.1, 0.15) is 0 Å². The van der Waals surface area contributed by atoms with E-state index in [-0.39, 0.29) is 28.8 Å². The fourth-order valence-electron chi connectivity index (χ4n) is 0.907. The van der Waals surface area contributed by atoms with Crippen molar-refractivity contribution in [3.8, 4) is 5.75 Å². The van der Waals surface area contributed by atoms with Gasteiger partial charge in [-0.25, -0.2) is 0 Å². The normalized spacial score (nSPS) is 10.1. The Hall–Kier alpha value is -0.640. The van der Waals surface area contributed by atoms with E-state index >= 15 is 0 Å². The van der Waals surface area contributed by atoms with Crippen LogP contribution in [0.25, 0.3) is 0 Å². The summed E-state index contributed by atoms with van der Waals surface area (Å²) >= 11 is 17.3. The Bertz CT molecular complexity index is 356. The van der Waals surface area contributed by atoms with Crippen molar-refractivity contribution in [2.24, 2.45) is 0 Å². The zero-order valence-corrected chi connectivity index (χ0v) is 9.73. The smallest absolute Gasteiger partial charge is 0.306 e. The molecule has 0 bridgehead atoms. The average molecular weight is 270 g/mol. The zero-order valence-electron chi connectivity index (χ0n) is 7.47. The summed E-state index contributed by atoms with van der Waals surface area (Å²) in [5.74, 6) is -0.694. The van der Waals surface area contributed by atoms with Crippen molar-refractivity contribution in [3.63, 3.8) is 0 Å². The van der Waals surface area contributed by atoms with E-state index in [1.807, 2.05) is 0 Å². The van der Waals surface area contributed by atoms with Gasteiger partial charge in [-0.15, -0.1) is 0 Å². The second-order valence-corrected chi connectivity index (χ2v) is 3.94. The topological polar surface area (TPSA) is 46.5 Å². The molecule has 0 aromatic heterocycles. The monoisotopic (exact) mass is 268 g/mol. The molecule has 15 heavy (non-hydrogen) atoms. The molecule has 1 N–H and O–H groups in total. The highest BCUT2D eigenvalue weighted by atomic mass is 35.5. The highest BCUT2D eigenvalue weighted by Crippen LogP contribution is 2.35. The maximum atomic E-state index is 10.2. The van der Waals surface area contributed by atoms with Gasteiger partial charge in [-0.05, 0) is 12.1 Å². The van der Waals surface area contributed by atoms with E-state index in [0.717, 1.165) is 0 Å². The summed E-state index contributed by atoms with van der Waals surface area (Å²) in [7, 11) is 0. The highest BCUT2D eigenvalue weighted by molar-refractivity contribution is 6.40. The van der Waals surface area contributed by atoms with Crippen LogP contribution in [0.2, 0.25) is 15.1 Å². The molecule has 1 rings (SSSR count). The molecule has 0 radical (unpaired) electrons. The van der Waals surface area contributed by atoms with Crippen molar-refractivity contribution in [2.45, 2.75) is 6.42 Å². The SMILES string of the molecule is O=C(O)CCOc1c(Cl)cc(Cl)cc1Cl. The Balaban J connectivity index is 2.72. The standard InChI is InChI=1S/C9H7Cl3O3/c10-5-3-6(11)9(7(12)4-5)15-2-1-8(13)14/h3-4H,1-2H2,(H,13,14). The van der Waals surface area contributed by atoms with E-state index in [0.29, 0.717) is 5.02 Å². The predicted octanol–water partition coefficient (Wildman–Crippen LogP) is 3.50. The minimum atomic E-state index is -0.948. The van der Waals surface area contributed by atoms with Crippen LogP contribution < -0.4 is 4.74 Å². The Morgan fingerprint density at radius 3 is 2.27 bits per heavy atom. The van der Waals surface area contributed by atoms with Crippen molar-refractivity contribution in [1.82, 2.24) is 0 Å². The number of halogens is 3. The van der Waals surface area contributed by atoms with Crippen molar-refractivity contribution in [3.05, 3.63) is 27.2 Å². The fraction of sp³-hybridized carbons (Fsp3) is 0.222. The van der Waals surface area contributed by atoms with Crippen LogP contribution in [0.5, 0.6) is 5.75 Å². The fourth-order valence-corrected chi connectivity index (χ4v) is 1.83. The van der Waals surface area contributed by atoms with Crippen molar-refractivity contribution in [1.29, 1.82) is 0 Å². The van der Waals surface area contributed by atoms with Crippen LogP contribution in [0.3, 0.4) is 0 Å². The summed E-state index contributed by atoms with van der Waals surface area (Å²) in [6.45, 7) is 0.0103. The van der Waals surface area contributed by atoms with Gasteiger partial charge >= 0.3 is 5.97 Å². The number of ether oxygens (including phenoxy) is 1. The third-order valence-corrected chi connectivity index (χ3v) is 2.31. The Morgan fingerprint density at radius 2 is 1.80 bits per heavy atom. The minimum Gasteiger partial charge on any atom is -0.490 e. The van der Waals surface area contributed by atoms with Gasteiger partial charge in [0.2, 0.25) is 0 Å². The first kappa shape index (κ1) is 12.4. The number of carboxylic acids is 1. The largest absolute Gasteiger partial charge is 0.490 e. The van der Waals surface area contributed by atoms with Crippen LogP contribution in [-0.2, 0) is 4.79 Å². The van der Waals surface area contributed by atoms with Gasteiger partial charge in [0.25, 0.3) is 0 Å². The van der Waals surface area contributed by atoms with Crippen molar-refractivity contribution < 1.29 is 14.6 Å². The van der Waals surface area contributed by atoms with Crippen LogP contribution in [0.1, 0.15) is 6.42 Å². The Morgan fingerprint density at radius 1 is 1.27 bits per heavy atom. The van der Waals surface area contributed by atoms with E-state index in [1.165, 1.54) is 12.1 Å². The summed E-state index contributed by atoms with van der Waals surface area (Å²) in [6.07, 6.45) is -0.116. The van der Waals surface area contributed by atoms with Crippen LogP contribution in [0.15, 0.2) is 12.1 Å². The number of benzene rings is 1. The molecule has 0 spiro atoms. The van der Waals surface area contributed by atoms with Gasteiger partial charge < -0.3 is 9.84 Å². The molecule has 82 valence electrons. The molecule has 1 aromatic rings. The molecule has 0 saturated carbocycles. The molecule has 0 aliphatic heterocycles. The molecule has 6 heteroatoms. The van der Waals surface area contributed by atoms with Crippen LogP contribution >= 0.6 is 34.8 Å². The lowest BCUT2D eigenvalue weighted by Crippen LogP contribution is -2.05. The minimum absolute atomic E-state index is 0.0103. The van der Waals surface area contributed by atoms with Gasteiger partial charge in [-0.1, -0.05) is 34.8 Å². The summed E-state index contributed by atoms with van der Waals surface area (Å²) in [5.41, 5.74) is 0. The quantitative estimate of drug-likeness (QED) is 0.910. The average Bonchev–Trinajstić information content (AvgIpc) is 2.08. The maximum Gasteiger partial charge on any atom is 0.306 e. The molecule has 0 saturated heterocycles. The molecule has 0 aliphatic rings. The number of hydrogen-bond donors (Lipinski definition) is 1. The van der Waals surface area contributed by atoms with E-state index in [2.05, 4.69) is 0 Å². The van der Waals surface area contributed by atoms with E-state index in [1.54, 1.807) is 0 Å².